The number of halogens is 1. The van der Waals surface area contributed by atoms with Crippen molar-refractivity contribution in [3.05, 3.63) is 64.2 Å². The quantitative estimate of drug-likeness (QED) is 0.712. The minimum atomic E-state index is -0.0225. The number of benzene rings is 2. The number of carbonyl (C=O) groups is 1. The van der Waals surface area contributed by atoms with Crippen LogP contribution >= 0.6 is 11.6 Å². The molecule has 0 aromatic heterocycles. The molecule has 0 N–H and O–H groups in total. The summed E-state index contributed by atoms with van der Waals surface area (Å²) in [5, 5.41) is 0.695. The molecule has 21 heavy (non-hydrogen) atoms. The third-order valence-electron chi connectivity index (χ3n) is 3.31. The second kappa shape index (κ2) is 7.28. The molecule has 0 aliphatic rings. The fourth-order valence-electron chi connectivity index (χ4n) is 2.09. The standard InChI is InChI=1S/C18H19ClO2/c1-3-4-14-5-7-15(8-6-14)18(20)12-21-16-9-10-17(19)13(2)11-16/h5-11H,3-4,12H2,1-2H3. The van der Waals surface area contributed by atoms with E-state index in [-0.39, 0.29) is 12.4 Å². The third kappa shape index (κ3) is 4.33. The summed E-state index contributed by atoms with van der Waals surface area (Å²) in [6.45, 7) is 4.08. The molecule has 110 valence electrons. The predicted molar refractivity (Wildman–Crippen MR) is 86.5 cm³/mol. The largest absolute Gasteiger partial charge is 0.485 e. The van der Waals surface area contributed by atoms with E-state index in [1.54, 1.807) is 12.1 Å². The van der Waals surface area contributed by atoms with Gasteiger partial charge >= 0.3 is 0 Å². The van der Waals surface area contributed by atoms with E-state index in [0.29, 0.717) is 16.3 Å². The molecule has 0 saturated carbocycles. The summed E-state index contributed by atoms with van der Waals surface area (Å²) in [6, 6.07) is 13.1. The average Bonchev–Trinajstić information content (AvgIpc) is 2.49. The van der Waals surface area contributed by atoms with Gasteiger partial charge in [-0.3, -0.25) is 4.79 Å². The molecule has 0 saturated heterocycles. The lowest BCUT2D eigenvalue weighted by molar-refractivity contribution is 0.0921. The van der Waals surface area contributed by atoms with Crippen molar-refractivity contribution in [3.8, 4) is 5.75 Å². The summed E-state index contributed by atoms with van der Waals surface area (Å²) < 4.78 is 5.53. The summed E-state index contributed by atoms with van der Waals surface area (Å²) in [7, 11) is 0. The van der Waals surface area contributed by atoms with E-state index in [1.807, 2.05) is 37.3 Å². The molecule has 2 aromatic carbocycles. The van der Waals surface area contributed by atoms with E-state index in [1.165, 1.54) is 5.56 Å². The Labute approximate surface area is 130 Å². The van der Waals surface area contributed by atoms with E-state index in [4.69, 9.17) is 16.3 Å². The Kier molecular flexibility index (Phi) is 5.40. The first-order valence-corrected chi connectivity index (χ1v) is 7.49. The highest BCUT2D eigenvalue weighted by Gasteiger charge is 2.07. The van der Waals surface area contributed by atoms with Gasteiger partial charge in [0.05, 0.1) is 0 Å². The zero-order valence-electron chi connectivity index (χ0n) is 12.4. The second-order valence-corrected chi connectivity index (χ2v) is 5.48. The van der Waals surface area contributed by atoms with Crippen molar-refractivity contribution in [1.29, 1.82) is 0 Å². The van der Waals surface area contributed by atoms with E-state index in [0.717, 1.165) is 18.4 Å². The number of carbonyl (C=O) groups excluding carboxylic acids is 1. The highest BCUT2D eigenvalue weighted by molar-refractivity contribution is 6.31. The van der Waals surface area contributed by atoms with Crippen LogP contribution in [0.15, 0.2) is 42.5 Å². The lowest BCUT2D eigenvalue weighted by Crippen LogP contribution is -2.11. The molecule has 2 aromatic rings. The Morgan fingerprint density at radius 2 is 1.86 bits per heavy atom. The first kappa shape index (κ1) is 15.6. The fraction of sp³-hybridized carbons (Fsp3) is 0.278. The molecule has 2 rings (SSSR count). The van der Waals surface area contributed by atoms with Gasteiger partial charge in [-0.15, -0.1) is 0 Å². The van der Waals surface area contributed by atoms with Crippen LogP contribution in [0.3, 0.4) is 0 Å². The van der Waals surface area contributed by atoms with Gasteiger partial charge in [-0.25, -0.2) is 0 Å². The Hall–Kier alpha value is -1.80. The second-order valence-electron chi connectivity index (χ2n) is 5.07. The van der Waals surface area contributed by atoms with Gasteiger partial charge in [0, 0.05) is 10.6 Å². The molecule has 2 nitrogen and oxygen atoms in total. The summed E-state index contributed by atoms with van der Waals surface area (Å²) in [5.74, 6) is 0.638. The van der Waals surface area contributed by atoms with Crippen molar-refractivity contribution < 1.29 is 9.53 Å². The number of hydrogen-bond donors (Lipinski definition) is 0. The number of rotatable bonds is 6. The molecule has 0 bridgehead atoms. The molecule has 0 aliphatic heterocycles. The monoisotopic (exact) mass is 302 g/mol. The van der Waals surface area contributed by atoms with Gasteiger partial charge in [0.25, 0.3) is 0 Å². The Bertz CT molecular complexity index is 618. The van der Waals surface area contributed by atoms with E-state index < -0.39 is 0 Å². The fourth-order valence-corrected chi connectivity index (χ4v) is 2.20. The lowest BCUT2D eigenvalue weighted by atomic mass is 10.1. The van der Waals surface area contributed by atoms with Crippen LogP contribution in [0, 0.1) is 6.92 Å². The molecule has 0 spiro atoms. The average molecular weight is 303 g/mol. The third-order valence-corrected chi connectivity index (χ3v) is 3.74. The van der Waals surface area contributed by atoms with Crippen LogP contribution in [0.4, 0.5) is 0 Å². The van der Waals surface area contributed by atoms with Gasteiger partial charge in [-0.05, 0) is 42.7 Å². The number of hydrogen-bond acceptors (Lipinski definition) is 2. The van der Waals surface area contributed by atoms with Gasteiger partial charge in [-0.1, -0.05) is 49.2 Å². The van der Waals surface area contributed by atoms with Gasteiger partial charge in [0.1, 0.15) is 5.75 Å². The molecule has 0 unspecified atom stereocenters. The Morgan fingerprint density at radius 3 is 2.48 bits per heavy atom. The maximum absolute atomic E-state index is 12.1. The van der Waals surface area contributed by atoms with Gasteiger partial charge < -0.3 is 4.74 Å². The van der Waals surface area contributed by atoms with Crippen LogP contribution in [0.1, 0.15) is 34.8 Å². The minimum absolute atomic E-state index is 0.0225. The number of Topliss-reactive ketones (excluding diaryl/α,β-unsaturated/α-hetero) is 1. The first-order chi connectivity index (χ1) is 10.1. The Morgan fingerprint density at radius 1 is 1.14 bits per heavy atom. The molecule has 0 radical (unpaired) electrons. The summed E-state index contributed by atoms with van der Waals surface area (Å²) >= 11 is 5.96. The topological polar surface area (TPSA) is 26.3 Å². The van der Waals surface area contributed by atoms with Crippen LogP contribution in [-0.2, 0) is 6.42 Å². The molecule has 0 atom stereocenters. The van der Waals surface area contributed by atoms with Gasteiger partial charge in [0.2, 0.25) is 0 Å². The number of aryl methyl sites for hydroxylation is 2. The highest BCUT2D eigenvalue weighted by atomic mass is 35.5. The normalized spacial score (nSPS) is 10.4. The lowest BCUT2D eigenvalue weighted by Gasteiger charge is -2.07. The van der Waals surface area contributed by atoms with Crippen molar-refractivity contribution >= 4 is 17.4 Å². The van der Waals surface area contributed by atoms with Crippen molar-refractivity contribution in [2.75, 3.05) is 6.61 Å². The van der Waals surface area contributed by atoms with Gasteiger partial charge in [-0.2, -0.15) is 0 Å². The number of ketones is 1. The molecule has 0 fully saturated rings. The van der Waals surface area contributed by atoms with Crippen LogP contribution in [0.2, 0.25) is 5.02 Å². The SMILES string of the molecule is CCCc1ccc(C(=O)COc2ccc(Cl)c(C)c2)cc1. The zero-order chi connectivity index (χ0) is 15.2. The van der Waals surface area contributed by atoms with E-state index in [2.05, 4.69) is 6.92 Å². The van der Waals surface area contributed by atoms with Crippen molar-refractivity contribution in [1.82, 2.24) is 0 Å². The molecule has 3 heteroatoms. The minimum Gasteiger partial charge on any atom is -0.485 e. The molecular formula is C18H19ClO2. The zero-order valence-corrected chi connectivity index (χ0v) is 13.1. The Balaban J connectivity index is 1.96. The van der Waals surface area contributed by atoms with Crippen molar-refractivity contribution in [3.63, 3.8) is 0 Å². The van der Waals surface area contributed by atoms with Crippen LogP contribution in [0.25, 0.3) is 0 Å². The van der Waals surface area contributed by atoms with Gasteiger partial charge in [0.15, 0.2) is 12.4 Å². The maximum Gasteiger partial charge on any atom is 0.200 e. The number of ether oxygens (including phenoxy) is 1. The molecule has 0 aliphatic carbocycles. The summed E-state index contributed by atoms with van der Waals surface area (Å²) in [6.07, 6.45) is 2.14. The van der Waals surface area contributed by atoms with E-state index in [9.17, 15) is 4.79 Å². The maximum atomic E-state index is 12.1. The van der Waals surface area contributed by atoms with Crippen molar-refractivity contribution in [2.24, 2.45) is 0 Å². The molecule has 0 heterocycles. The summed E-state index contributed by atoms with van der Waals surface area (Å²) in [5.41, 5.74) is 2.87. The predicted octanol–water partition coefficient (Wildman–Crippen LogP) is 4.86. The smallest absolute Gasteiger partial charge is 0.200 e. The van der Waals surface area contributed by atoms with Crippen LogP contribution < -0.4 is 4.74 Å². The van der Waals surface area contributed by atoms with Crippen LogP contribution in [-0.4, -0.2) is 12.4 Å². The van der Waals surface area contributed by atoms with E-state index >= 15 is 0 Å². The van der Waals surface area contributed by atoms with Crippen molar-refractivity contribution in [2.45, 2.75) is 26.7 Å². The molecule has 0 amide bonds. The molecular weight excluding hydrogens is 284 g/mol. The van der Waals surface area contributed by atoms with Crippen LogP contribution in [0.5, 0.6) is 5.75 Å². The first-order valence-electron chi connectivity index (χ1n) is 7.11. The highest BCUT2D eigenvalue weighted by Crippen LogP contribution is 2.21. The summed E-state index contributed by atoms with van der Waals surface area (Å²) in [4.78, 5) is 12.1.